The third kappa shape index (κ3) is 2.79. The Labute approximate surface area is 117 Å². The fourth-order valence-corrected chi connectivity index (χ4v) is 2.72. The van der Waals surface area contributed by atoms with E-state index in [1.165, 1.54) is 0 Å². The Morgan fingerprint density at radius 2 is 2.30 bits per heavy atom. The summed E-state index contributed by atoms with van der Waals surface area (Å²) >= 11 is 0. The minimum atomic E-state index is -0.419. The molecule has 8 nitrogen and oxygen atoms in total. The summed E-state index contributed by atoms with van der Waals surface area (Å²) in [5.41, 5.74) is 2.66. The molecular formula is C12H20N6O2. The van der Waals surface area contributed by atoms with Gasteiger partial charge in [-0.1, -0.05) is 13.3 Å². The summed E-state index contributed by atoms with van der Waals surface area (Å²) in [7, 11) is 0. The fourth-order valence-electron chi connectivity index (χ4n) is 2.72. The first-order valence-corrected chi connectivity index (χ1v) is 6.81. The average molecular weight is 280 g/mol. The van der Waals surface area contributed by atoms with Crippen molar-refractivity contribution in [2.45, 2.75) is 33.1 Å². The molecule has 0 amide bonds. The summed E-state index contributed by atoms with van der Waals surface area (Å²) in [6, 6.07) is 0. The second-order valence-corrected chi connectivity index (χ2v) is 5.10. The Kier molecular flexibility index (Phi) is 4.33. The van der Waals surface area contributed by atoms with Crippen molar-refractivity contribution in [3.8, 4) is 0 Å². The molecule has 1 aliphatic rings. The van der Waals surface area contributed by atoms with Crippen LogP contribution >= 0.6 is 0 Å². The Balaban J connectivity index is 2.34. The summed E-state index contributed by atoms with van der Waals surface area (Å²) in [6.07, 6.45) is 3.30. The molecule has 0 aliphatic carbocycles. The topological polar surface area (TPSA) is 110 Å². The predicted molar refractivity (Wildman–Crippen MR) is 76.5 cm³/mol. The van der Waals surface area contributed by atoms with Crippen molar-refractivity contribution in [2.75, 3.05) is 23.4 Å². The standard InChI is InChI=1S/C12H20N6O2/c1-3-4-9-5-6-17(7-9)11-10(18(19)20)8(2)14-12(15-11)16-13/h9H,3-7,13H2,1-2H3,(H,14,15,16). The van der Waals surface area contributed by atoms with Gasteiger partial charge in [0.15, 0.2) is 0 Å². The third-order valence-corrected chi connectivity index (χ3v) is 3.63. The van der Waals surface area contributed by atoms with Crippen LogP contribution in [-0.4, -0.2) is 28.0 Å². The number of anilines is 2. The minimum Gasteiger partial charge on any atom is -0.350 e. The first kappa shape index (κ1) is 14.4. The molecule has 1 aromatic rings. The van der Waals surface area contributed by atoms with Crippen LogP contribution in [0.5, 0.6) is 0 Å². The minimum absolute atomic E-state index is 0.0267. The van der Waals surface area contributed by atoms with Gasteiger partial charge >= 0.3 is 5.69 Å². The molecule has 8 heteroatoms. The van der Waals surface area contributed by atoms with E-state index in [-0.39, 0.29) is 11.6 Å². The molecule has 2 heterocycles. The first-order chi connectivity index (χ1) is 9.56. The van der Waals surface area contributed by atoms with Crippen LogP contribution < -0.4 is 16.2 Å². The maximum absolute atomic E-state index is 11.3. The molecule has 1 saturated heterocycles. The average Bonchev–Trinajstić information content (AvgIpc) is 2.86. The molecule has 1 aromatic heterocycles. The van der Waals surface area contributed by atoms with E-state index in [0.717, 1.165) is 32.4 Å². The van der Waals surface area contributed by atoms with E-state index >= 15 is 0 Å². The summed E-state index contributed by atoms with van der Waals surface area (Å²) in [4.78, 5) is 21.0. The van der Waals surface area contributed by atoms with Crippen molar-refractivity contribution in [1.29, 1.82) is 0 Å². The van der Waals surface area contributed by atoms with Gasteiger partial charge in [0.05, 0.1) is 4.92 Å². The number of rotatable bonds is 5. The van der Waals surface area contributed by atoms with Crippen LogP contribution in [0.25, 0.3) is 0 Å². The number of hydrazine groups is 1. The smallest absolute Gasteiger partial charge is 0.332 e. The number of aromatic nitrogens is 2. The molecular weight excluding hydrogens is 260 g/mol. The Morgan fingerprint density at radius 1 is 1.55 bits per heavy atom. The molecule has 20 heavy (non-hydrogen) atoms. The number of hydrogen-bond donors (Lipinski definition) is 2. The molecule has 0 bridgehead atoms. The molecule has 2 rings (SSSR count). The number of hydrogen-bond acceptors (Lipinski definition) is 7. The van der Waals surface area contributed by atoms with E-state index in [1.807, 2.05) is 4.90 Å². The molecule has 1 aliphatic heterocycles. The maximum Gasteiger partial charge on any atom is 0.332 e. The lowest BCUT2D eigenvalue weighted by atomic mass is 10.0. The predicted octanol–water partition coefficient (Wildman–Crippen LogP) is 1.61. The van der Waals surface area contributed by atoms with Crippen molar-refractivity contribution in [3.63, 3.8) is 0 Å². The molecule has 1 fully saturated rings. The Morgan fingerprint density at radius 3 is 2.90 bits per heavy atom. The fraction of sp³-hybridized carbons (Fsp3) is 0.667. The maximum atomic E-state index is 11.3. The highest BCUT2D eigenvalue weighted by Gasteiger charge is 2.31. The number of aryl methyl sites for hydroxylation is 1. The molecule has 0 spiro atoms. The van der Waals surface area contributed by atoms with Crippen LogP contribution in [0.15, 0.2) is 0 Å². The van der Waals surface area contributed by atoms with Gasteiger partial charge in [0, 0.05) is 13.1 Å². The molecule has 110 valence electrons. The van der Waals surface area contributed by atoms with Crippen molar-refractivity contribution < 1.29 is 4.92 Å². The second-order valence-electron chi connectivity index (χ2n) is 5.10. The van der Waals surface area contributed by atoms with Crippen LogP contribution in [0.2, 0.25) is 0 Å². The number of nitrogen functional groups attached to an aromatic ring is 1. The van der Waals surface area contributed by atoms with Crippen molar-refractivity contribution in [3.05, 3.63) is 15.8 Å². The summed E-state index contributed by atoms with van der Waals surface area (Å²) < 4.78 is 0. The Bertz CT molecular complexity index is 507. The lowest BCUT2D eigenvalue weighted by molar-refractivity contribution is -0.385. The van der Waals surface area contributed by atoms with Crippen LogP contribution in [0.3, 0.4) is 0 Å². The van der Waals surface area contributed by atoms with Gasteiger partial charge in [0.2, 0.25) is 11.8 Å². The highest BCUT2D eigenvalue weighted by molar-refractivity contribution is 5.62. The van der Waals surface area contributed by atoms with Crippen LogP contribution in [0, 0.1) is 23.0 Å². The second kappa shape index (κ2) is 6.00. The van der Waals surface area contributed by atoms with E-state index < -0.39 is 4.92 Å². The van der Waals surface area contributed by atoms with Gasteiger partial charge in [-0.05, 0) is 25.7 Å². The van der Waals surface area contributed by atoms with Crippen LogP contribution in [0.4, 0.5) is 17.5 Å². The number of nitrogens with two attached hydrogens (primary N) is 1. The van der Waals surface area contributed by atoms with Gasteiger partial charge in [-0.15, -0.1) is 0 Å². The van der Waals surface area contributed by atoms with E-state index in [0.29, 0.717) is 17.4 Å². The van der Waals surface area contributed by atoms with Crippen LogP contribution in [-0.2, 0) is 0 Å². The lowest BCUT2D eigenvalue weighted by Gasteiger charge is -2.18. The third-order valence-electron chi connectivity index (χ3n) is 3.63. The first-order valence-electron chi connectivity index (χ1n) is 6.81. The van der Waals surface area contributed by atoms with E-state index in [9.17, 15) is 10.1 Å². The van der Waals surface area contributed by atoms with Crippen molar-refractivity contribution >= 4 is 17.5 Å². The lowest BCUT2D eigenvalue weighted by Crippen LogP contribution is -2.24. The monoisotopic (exact) mass is 280 g/mol. The molecule has 0 radical (unpaired) electrons. The van der Waals surface area contributed by atoms with Gasteiger partial charge in [-0.3, -0.25) is 15.5 Å². The van der Waals surface area contributed by atoms with Gasteiger partial charge in [0.25, 0.3) is 0 Å². The van der Waals surface area contributed by atoms with Gasteiger partial charge in [0.1, 0.15) is 5.69 Å². The number of nitrogens with zero attached hydrogens (tertiary/aromatic N) is 4. The summed E-state index contributed by atoms with van der Waals surface area (Å²) in [5.74, 6) is 6.48. The zero-order valence-corrected chi connectivity index (χ0v) is 11.8. The Hall–Kier alpha value is -1.96. The van der Waals surface area contributed by atoms with E-state index in [2.05, 4.69) is 22.3 Å². The largest absolute Gasteiger partial charge is 0.350 e. The summed E-state index contributed by atoms with van der Waals surface area (Å²) in [5, 5.41) is 11.3. The number of nitrogens with one attached hydrogen (secondary N) is 1. The van der Waals surface area contributed by atoms with Gasteiger partial charge in [-0.2, -0.15) is 4.98 Å². The SMILES string of the molecule is CCCC1CCN(c2nc(NN)nc(C)c2[N+](=O)[O-])C1. The molecule has 1 atom stereocenters. The molecule has 0 saturated carbocycles. The van der Waals surface area contributed by atoms with E-state index in [4.69, 9.17) is 5.84 Å². The zero-order chi connectivity index (χ0) is 14.7. The molecule has 3 N–H and O–H groups in total. The van der Waals surface area contributed by atoms with Gasteiger partial charge in [-0.25, -0.2) is 10.8 Å². The van der Waals surface area contributed by atoms with Crippen molar-refractivity contribution in [1.82, 2.24) is 9.97 Å². The van der Waals surface area contributed by atoms with Crippen LogP contribution in [0.1, 0.15) is 31.9 Å². The van der Waals surface area contributed by atoms with Crippen molar-refractivity contribution in [2.24, 2.45) is 11.8 Å². The molecule has 0 aromatic carbocycles. The summed E-state index contributed by atoms with van der Waals surface area (Å²) in [6.45, 7) is 5.33. The highest BCUT2D eigenvalue weighted by Crippen LogP contribution is 2.34. The quantitative estimate of drug-likeness (QED) is 0.479. The molecule has 1 unspecified atom stereocenters. The number of nitro groups is 1. The van der Waals surface area contributed by atoms with Gasteiger partial charge < -0.3 is 4.90 Å². The van der Waals surface area contributed by atoms with E-state index in [1.54, 1.807) is 6.92 Å². The zero-order valence-electron chi connectivity index (χ0n) is 11.8. The highest BCUT2D eigenvalue weighted by atomic mass is 16.6. The normalized spacial score (nSPS) is 18.4.